The van der Waals surface area contributed by atoms with Crippen LogP contribution in [0.4, 0.5) is 0 Å². The van der Waals surface area contributed by atoms with Gasteiger partial charge in [0, 0.05) is 6.42 Å². The highest BCUT2D eigenvalue weighted by Crippen LogP contribution is 2.10. The summed E-state index contributed by atoms with van der Waals surface area (Å²) in [5.41, 5.74) is 16.6. The van der Waals surface area contributed by atoms with E-state index in [2.05, 4.69) is 16.0 Å². The molecule has 0 radical (unpaired) electrons. The number of carbonyl (C=O) groups is 5. The zero-order valence-corrected chi connectivity index (χ0v) is 21.3. The molecule has 0 spiro atoms. The van der Waals surface area contributed by atoms with Gasteiger partial charge in [-0.2, -0.15) is 0 Å². The lowest BCUT2D eigenvalue weighted by Gasteiger charge is -2.27. The maximum Gasteiger partial charge on any atom is 0.326 e. The van der Waals surface area contributed by atoms with Gasteiger partial charge < -0.3 is 38.3 Å². The molecule has 5 unspecified atom stereocenters. The molecule has 0 aliphatic carbocycles. The first-order chi connectivity index (χ1) is 16.3. The monoisotopic (exact) mass is 500 g/mol. The van der Waals surface area contributed by atoms with Gasteiger partial charge in [-0.1, -0.05) is 34.1 Å². The summed E-state index contributed by atoms with van der Waals surface area (Å²) in [5, 5.41) is 17.1. The van der Waals surface area contributed by atoms with Crippen LogP contribution in [0.15, 0.2) is 0 Å². The van der Waals surface area contributed by atoms with Gasteiger partial charge >= 0.3 is 5.97 Å². The van der Waals surface area contributed by atoms with E-state index in [1.54, 1.807) is 0 Å². The van der Waals surface area contributed by atoms with E-state index in [1.165, 1.54) is 0 Å². The Labute approximate surface area is 207 Å². The smallest absolute Gasteiger partial charge is 0.326 e. The van der Waals surface area contributed by atoms with Crippen LogP contribution in [0.1, 0.15) is 72.6 Å². The van der Waals surface area contributed by atoms with Crippen LogP contribution in [-0.4, -0.2) is 65.4 Å². The second-order valence-corrected chi connectivity index (χ2v) is 9.35. The van der Waals surface area contributed by atoms with Crippen molar-refractivity contribution in [2.45, 2.75) is 96.8 Å². The molecule has 10 N–H and O–H groups in total. The van der Waals surface area contributed by atoms with Crippen LogP contribution in [0.25, 0.3) is 0 Å². The highest BCUT2D eigenvalue weighted by atomic mass is 16.4. The van der Waals surface area contributed by atoms with E-state index in [0.29, 0.717) is 32.2 Å². The van der Waals surface area contributed by atoms with Crippen molar-refractivity contribution in [2.75, 3.05) is 6.54 Å². The second kappa shape index (κ2) is 16.8. The van der Waals surface area contributed by atoms with Gasteiger partial charge in [0.05, 0.1) is 6.04 Å². The van der Waals surface area contributed by atoms with E-state index >= 15 is 0 Å². The molecular weight excluding hydrogens is 456 g/mol. The highest BCUT2D eigenvalue weighted by Gasteiger charge is 2.31. The van der Waals surface area contributed by atoms with E-state index in [4.69, 9.17) is 17.2 Å². The first kappa shape index (κ1) is 32.3. The molecule has 12 nitrogen and oxygen atoms in total. The van der Waals surface area contributed by atoms with Gasteiger partial charge in [0.2, 0.25) is 23.6 Å². The van der Waals surface area contributed by atoms with E-state index in [1.807, 2.05) is 27.7 Å². The van der Waals surface area contributed by atoms with Crippen molar-refractivity contribution in [2.24, 2.45) is 29.0 Å². The minimum atomic E-state index is -1.34. The summed E-state index contributed by atoms with van der Waals surface area (Å²) in [4.78, 5) is 61.2. The summed E-state index contributed by atoms with van der Waals surface area (Å²) in [6.45, 7) is 7.93. The van der Waals surface area contributed by atoms with Gasteiger partial charge in [0.25, 0.3) is 0 Å². The Bertz CT molecular complexity index is 717. The van der Waals surface area contributed by atoms with Gasteiger partial charge in [-0.15, -0.1) is 0 Å². The Balaban J connectivity index is 5.56. The molecule has 0 rings (SSSR count). The molecular formula is C23H44N6O6. The van der Waals surface area contributed by atoms with Crippen LogP contribution in [0.5, 0.6) is 0 Å². The SMILES string of the molecule is CCC(C)C(N)C(=O)NC(CC(C)C)C(=O)NC(CCCCN)C(=O)NC(CCC(N)=O)C(=O)O. The van der Waals surface area contributed by atoms with Crippen LogP contribution in [0.2, 0.25) is 0 Å². The van der Waals surface area contributed by atoms with E-state index < -0.39 is 53.8 Å². The normalized spacial score (nSPS) is 15.4. The Morgan fingerprint density at radius 1 is 0.829 bits per heavy atom. The summed E-state index contributed by atoms with van der Waals surface area (Å²) < 4.78 is 0. The van der Waals surface area contributed by atoms with Crippen LogP contribution in [0, 0.1) is 11.8 Å². The number of unbranched alkanes of at least 4 members (excludes halogenated alkanes) is 1. The molecule has 4 amide bonds. The summed E-state index contributed by atoms with van der Waals surface area (Å²) in [5.74, 6) is -3.78. The summed E-state index contributed by atoms with van der Waals surface area (Å²) >= 11 is 0. The number of amides is 4. The number of hydrogen-bond donors (Lipinski definition) is 7. The van der Waals surface area contributed by atoms with E-state index in [9.17, 15) is 29.1 Å². The van der Waals surface area contributed by atoms with Crippen LogP contribution < -0.4 is 33.2 Å². The minimum absolute atomic E-state index is 0.0561. The fourth-order valence-electron chi connectivity index (χ4n) is 3.33. The topological polar surface area (TPSA) is 220 Å². The van der Waals surface area contributed by atoms with Crippen molar-refractivity contribution >= 4 is 29.6 Å². The van der Waals surface area contributed by atoms with E-state index in [0.717, 1.165) is 0 Å². The lowest BCUT2D eigenvalue weighted by Crippen LogP contribution is -2.57. The molecule has 35 heavy (non-hydrogen) atoms. The van der Waals surface area contributed by atoms with E-state index in [-0.39, 0.29) is 31.1 Å². The van der Waals surface area contributed by atoms with Crippen molar-refractivity contribution in [3.63, 3.8) is 0 Å². The van der Waals surface area contributed by atoms with Crippen LogP contribution in [-0.2, 0) is 24.0 Å². The summed E-state index contributed by atoms with van der Waals surface area (Å²) in [6.07, 6.45) is 1.93. The van der Waals surface area contributed by atoms with Crippen molar-refractivity contribution in [1.82, 2.24) is 16.0 Å². The molecule has 0 aliphatic heterocycles. The molecule has 0 fully saturated rings. The lowest BCUT2D eigenvalue weighted by molar-refractivity contribution is -0.142. The van der Waals surface area contributed by atoms with Crippen molar-refractivity contribution in [3.8, 4) is 0 Å². The number of carbonyl (C=O) groups excluding carboxylic acids is 4. The Morgan fingerprint density at radius 2 is 1.37 bits per heavy atom. The summed E-state index contributed by atoms with van der Waals surface area (Å²) in [6, 6.07) is -4.11. The number of primary amides is 1. The maximum atomic E-state index is 13.1. The zero-order chi connectivity index (χ0) is 27.1. The van der Waals surface area contributed by atoms with Crippen molar-refractivity contribution in [3.05, 3.63) is 0 Å². The number of carboxylic acids is 1. The molecule has 0 saturated carbocycles. The van der Waals surface area contributed by atoms with Gasteiger partial charge in [0.15, 0.2) is 0 Å². The molecule has 0 aromatic carbocycles. The third-order valence-corrected chi connectivity index (χ3v) is 5.77. The first-order valence-electron chi connectivity index (χ1n) is 12.2. The molecule has 0 aromatic rings. The molecule has 5 atom stereocenters. The number of rotatable bonds is 18. The Hall–Kier alpha value is -2.73. The number of aliphatic carboxylic acids is 1. The fourth-order valence-corrected chi connectivity index (χ4v) is 3.33. The third kappa shape index (κ3) is 13.1. The lowest BCUT2D eigenvalue weighted by atomic mass is 9.97. The Morgan fingerprint density at radius 3 is 1.86 bits per heavy atom. The van der Waals surface area contributed by atoms with Crippen LogP contribution >= 0.6 is 0 Å². The molecule has 202 valence electrons. The number of nitrogens with two attached hydrogens (primary N) is 3. The second-order valence-electron chi connectivity index (χ2n) is 9.35. The van der Waals surface area contributed by atoms with Crippen LogP contribution in [0.3, 0.4) is 0 Å². The average molecular weight is 501 g/mol. The van der Waals surface area contributed by atoms with Gasteiger partial charge in [0.1, 0.15) is 18.1 Å². The molecule has 0 saturated heterocycles. The maximum absolute atomic E-state index is 13.1. The quantitative estimate of drug-likeness (QED) is 0.119. The predicted molar refractivity (Wildman–Crippen MR) is 132 cm³/mol. The van der Waals surface area contributed by atoms with Gasteiger partial charge in [-0.25, -0.2) is 4.79 Å². The first-order valence-corrected chi connectivity index (χ1v) is 12.2. The summed E-state index contributed by atoms with van der Waals surface area (Å²) in [7, 11) is 0. The average Bonchev–Trinajstić information content (AvgIpc) is 2.78. The van der Waals surface area contributed by atoms with Gasteiger partial charge in [-0.05, 0) is 50.5 Å². The molecule has 0 heterocycles. The van der Waals surface area contributed by atoms with Crippen molar-refractivity contribution < 1.29 is 29.1 Å². The molecule has 0 bridgehead atoms. The Kier molecular flexibility index (Phi) is 15.5. The standard InChI is InChI=1S/C23H44N6O6/c1-5-14(4)19(26)22(33)29-17(12-13(2)3)21(32)27-15(8-6-7-11-24)20(31)28-16(23(34)35)9-10-18(25)30/h13-17,19H,5-12,24,26H2,1-4H3,(H2,25,30)(H,27,32)(H,28,31)(H,29,33)(H,34,35). The number of nitrogens with one attached hydrogen (secondary N) is 3. The zero-order valence-electron chi connectivity index (χ0n) is 21.3. The predicted octanol–water partition coefficient (Wildman–Crippen LogP) is -0.661. The fraction of sp³-hybridized carbons (Fsp3) is 0.783. The largest absolute Gasteiger partial charge is 0.480 e. The molecule has 0 aliphatic rings. The molecule has 0 aromatic heterocycles. The number of hydrogen-bond acceptors (Lipinski definition) is 7. The minimum Gasteiger partial charge on any atom is -0.480 e. The van der Waals surface area contributed by atoms with Gasteiger partial charge in [-0.3, -0.25) is 19.2 Å². The third-order valence-electron chi connectivity index (χ3n) is 5.77. The highest BCUT2D eigenvalue weighted by molar-refractivity contribution is 5.94. The number of carboxylic acid groups (broad SMARTS) is 1. The molecule has 12 heteroatoms. The van der Waals surface area contributed by atoms with Crippen molar-refractivity contribution in [1.29, 1.82) is 0 Å².